The summed E-state index contributed by atoms with van der Waals surface area (Å²) in [6.45, 7) is 5.01. The summed E-state index contributed by atoms with van der Waals surface area (Å²) in [7, 11) is 1.69. The molecule has 6 heteroatoms. The molecule has 0 saturated heterocycles. The summed E-state index contributed by atoms with van der Waals surface area (Å²) in [6.07, 6.45) is 10.0. The van der Waals surface area contributed by atoms with Crippen molar-refractivity contribution in [3.63, 3.8) is 0 Å². The predicted octanol–water partition coefficient (Wildman–Crippen LogP) is 5.19. The maximum atomic E-state index is 5.62. The van der Waals surface area contributed by atoms with Gasteiger partial charge < -0.3 is 9.30 Å². The number of aryl methyl sites for hydroxylation is 3. The van der Waals surface area contributed by atoms with Gasteiger partial charge in [-0.25, -0.2) is 14.6 Å². The number of hydrogen-bond donors (Lipinski definition) is 0. The van der Waals surface area contributed by atoms with Crippen LogP contribution in [0.2, 0.25) is 0 Å². The molecule has 2 aromatic carbocycles. The number of ether oxygens (including phenoxy) is 1. The number of aromatic nitrogens is 5. The molecule has 0 unspecified atom stereocenters. The molecule has 0 spiro atoms. The van der Waals surface area contributed by atoms with E-state index in [2.05, 4.69) is 46.9 Å². The average Bonchev–Trinajstić information content (AvgIpc) is 3.43. The Morgan fingerprint density at radius 1 is 1.06 bits per heavy atom. The molecular formula is C26H27N5O. The van der Waals surface area contributed by atoms with E-state index in [-0.39, 0.29) is 0 Å². The Morgan fingerprint density at radius 2 is 1.91 bits per heavy atom. The topological polar surface area (TPSA) is 57.8 Å². The Labute approximate surface area is 188 Å². The standard InChI is InChI=1S/C26H27N5O/c1-18-6-10-21(11-7-18)22-5-4-14-31-26(22)28-25(29-31)13-9-20-8-12-23(24(15-20)32-3)30-16-19(2)27-17-30/h6-13,15-17,22H,4-5,14H2,1-3H3/t22-/m1/s1. The highest BCUT2D eigenvalue weighted by Crippen LogP contribution is 2.32. The van der Waals surface area contributed by atoms with Crippen molar-refractivity contribution in [3.05, 3.63) is 89.0 Å². The molecule has 0 N–H and O–H groups in total. The van der Waals surface area contributed by atoms with Gasteiger partial charge in [0.15, 0.2) is 5.82 Å². The minimum absolute atomic E-state index is 0.303. The van der Waals surface area contributed by atoms with Crippen LogP contribution >= 0.6 is 0 Å². The summed E-state index contributed by atoms with van der Waals surface area (Å²) < 4.78 is 9.66. The van der Waals surface area contributed by atoms with Crippen molar-refractivity contribution in [1.82, 2.24) is 24.3 Å². The second-order valence-corrected chi connectivity index (χ2v) is 8.34. The third-order valence-corrected chi connectivity index (χ3v) is 5.99. The van der Waals surface area contributed by atoms with Gasteiger partial charge in [-0.2, -0.15) is 5.10 Å². The highest BCUT2D eigenvalue weighted by atomic mass is 16.5. The lowest BCUT2D eigenvalue weighted by molar-refractivity contribution is 0.413. The Bertz CT molecular complexity index is 1270. The number of rotatable bonds is 5. The summed E-state index contributed by atoms with van der Waals surface area (Å²) >= 11 is 0. The molecule has 1 aliphatic rings. The number of fused-ring (bicyclic) bond motifs is 1. The lowest BCUT2D eigenvalue weighted by Crippen LogP contribution is -2.17. The van der Waals surface area contributed by atoms with Gasteiger partial charge in [0.25, 0.3) is 0 Å². The maximum absolute atomic E-state index is 5.62. The van der Waals surface area contributed by atoms with E-state index in [9.17, 15) is 0 Å². The van der Waals surface area contributed by atoms with Gasteiger partial charge in [-0.05, 0) is 56.0 Å². The van der Waals surface area contributed by atoms with E-state index in [1.807, 2.05) is 42.0 Å². The molecule has 0 bridgehead atoms. The van der Waals surface area contributed by atoms with Crippen LogP contribution in [0.25, 0.3) is 17.8 Å². The first-order chi connectivity index (χ1) is 15.6. The first-order valence-corrected chi connectivity index (χ1v) is 11.0. The van der Waals surface area contributed by atoms with Crippen LogP contribution in [0.5, 0.6) is 5.75 Å². The van der Waals surface area contributed by atoms with E-state index in [1.54, 1.807) is 13.4 Å². The normalized spacial score (nSPS) is 15.8. The highest BCUT2D eigenvalue weighted by molar-refractivity contribution is 5.69. The monoisotopic (exact) mass is 425 g/mol. The molecule has 4 aromatic rings. The van der Waals surface area contributed by atoms with Gasteiger partial charge >= 0.3 is 0 Å². The molecule has 0 saturated carbocycles. The van der Waals surface area contributed by atoms with E-state index < -0.39 is 0 Å². The fraction of sp³-hybridized carbons (Fsp3) is 0.269. The van der Waals surface area contributed by atoms with Crippen molar-refractivity contribution in [2.75, 3.05) is 7.11 Å². The van der Waals surface area contributed by atoms with Crippen LogP contribution < -0.4 is 4.74 Å². The van der Waals surface area contributed by atoms with Crippen molar-refractivity contribution < 1.29 is 4.74 Å². The van der Waals surface area contributed by atoms with E-state index in [0.29, 0.717) is 5.92 Å². The quantitative estimate of drug-likeness (QED) is 0.442. The third-order valence-electron chi connectivity index (χ3n) is 5.99. The summed E-state index contributed by atoms with van der Waals surface area (Å²) in [4.78, 5) is 9.18. The Kier molecular flexibility index (Phi) is 5.35. The van der Waals surface area contributed by atoms with Gasteiger partial charge in [-0.15, -0.1) is 0 Å². The van der Waals surface area contributed by atoms with Crippen LogP contribution in [0, 0.1) is 13.8 Å². The molecule has 0 radical (unpaired) electrons. The number of methoxy groups -OCH3 is 1. The molecule has 0 fully saturated rings. The second kappa shape index (κ2) is 8.46. The summed E-state index contributed by atoms with van der Waals surface area (Å²) in [5, 5.41) is 4.74. The molecule has 5 rings (SSSR count). The number of imidazole rings is 1. The third kappa shape index (κ3) is 3.96. The van der Waals surface area contributed by atoms with Crippen LogP contribution in [0.15, 0.2) is 55.0 Å². The number of nitrogens with zero attached hydrogens (tertiary/aromatic N) is 5. The summed E-state index contributed by atoms with van der Waals surface area (Å²) in [6, 6.07) is 14.9. The predicted molar refractivity (Wildman–Crippen MR) is 126 cm³/mol. The minimum Gasteiger partial charge on any atom is -0.495 e. The van der Waals surface area contributed by atoms with Gasteiger partial charge in [-0.3, -0.25) is 0 Å². The van der Waals surface area contributed by atoms with Gasteiger partial charge in [-0.1, -0.05) is 42.0 Å². The zero-order valence-corrected chi connectivity index (χ0v) is 18.7. The molecular weight excluding hydrogens is 398 g/mol. The zero-order chi connectivity index (χ0) is 22.1. The van der Waals surface area contributed by atoms with Crippen molar-refractivity contribution in [2.24, 2.45) is 0 Å². The molecule has 1 atom stereocenters. The molecule has 0 amide bonds. The van der Waals surface area contributed by atoms with Gasteiger partial charge in [0.05, 0.1) is 24.8 Å². The molecule has 1 aliphatic heterocycles. The molecule has 3 heterocycles. The second-order valence-electron chi connectivity index (χ2n) is 8.34. The molecule has 0 aliphatic carbocycles. The molecule has 162 valence electrons. The summed E-state index contributed by atoms with van der Waals surface area (Å²) in [5.74, 6) is 2.90. The molecule has 6 nitrogen and oxygen atoms in total. The average molecular weight is 426 g/mol. The van der Waals surface area contributed by atoms with Crippen LogP contribution in [-0.4, -0.2) is 31.4 Å². The van der Waals surface area contributed by atoms with E-state index in [0.717, 1.165) is 53.7 Å². The van der Waals surface area contributed by atoms with Crippen LogP contribution in [0.4, 0.5) is 0 Å². The van der Waals surface area contributed by atoms with Crippen molar-refractivity contribution >= 4 is 12.2 Å². The SMILES string of the molecule is COc1cc(C=Cc2nc3n(n2)CCC[C@@H]3c2ccc(C)cc2)ccc1-n1cnc(C)c1. The first kappa shape index (κ1) is 20.2. The fourth-order valence-electron chi connectivity index (χ4n) is 4.29. The lowest BCUT2D eigenvalue weighted by atomic mass is 9.91. The van der Waals surface area contributed by atoms with Gasteiger partial charge in [0.1, 0.15) is 11.6 Å². The lowest BCUT2D eigenvalue weighted by Gasteiger charge is -2.22. The Morgan fingerprint density at radius 3 is 2.66 bits per heavy atom. The molecule has 32 heavy (non-hydrogen) atoms. The largest absolute Gasteiger partial charge is 0.495 e. The summed E-state index contributed by atoms with van der Waals surface area (Å²) in [5.41, 5.74) is 5.55. The van der Waals surface area contributed by atoms with E-state index in [1.165, 1.54) is 11.1 Å². The fourth-order valence-corrected chi connectivity index (χ4v) is 4.29. The maximum Gasteiger partial charge on any atom is 0.174 e. The van der Waals surface area contributed by atoms with Crippen LogP contribution in [0.3, 0.4) is 0 Å². The van der Waals surface area contributed by atoms with Crippen molar-refractivity contribution in [3.8, 4) is 11.4 Å². The van der Waals surface area contributed by atoms with E-state index >= 15 is 0 Å². The Balaban J connectivity index is 1.40. The Hall–Kier alpha value is -3.67. The smallest absolute Gasteiger partial charge is 0.174 e. The van der Waals surface area contributed by atoms with Crippen molar-refractivity contribution in [2.45, 2.75) is 39.2 Å². The first-order valence-electron chi connectivity index (χ1n) is 11.0. The van der Waals surface area contributed by atoms with Crippen LogP contribution in [0.1, 0.15) is 52.8 Å². The number of benzene rings is 2. The number of hydrogen-bond acceptors (Lipinski definition) is 4. The van der Waals surface area contributed by atoms with E-state index in [4.69, 9.17) is 14.8 Å². The van der Waals surface area contributed by atoms with Crippen LogP contribution in [-0.2, 0) is 6.54 Å². The molecule has 2 aromatic heterocycles. The minimum atomic E-state index is 0.303. The zero-order valence-electron chi connectivity index (χ0n) is 18.7. The highest BCUT2D eigenvalue weighted by Gasteiger charge is 2.25. The van der Waals surface area contributed by atoms with Crippen molar-refractivity contribution in [1.29, 1.82) is 0 Å². The van der Waals surface area contributed by atoms with Gasteiger partial charge in [0.2, 0.25) is 0 Å². The van der Waals surface area contributed by atoms with Gasteiger partial charge in [0, 0.05) is 18.7 Å².